The van der Waals surface area contributed by atoms with Crippen molar-refractivity contribution in [2.75, 3.05) is 11.9 Å². The van der Waals surface area contributed by atoms with Gasteiger partial charge in [0.25, 0.3) is 0 Å². The number of hydrogen-bond donors (Lipinski definition) is 2. The van der Waals surface area contributed by atoms with Crippen molar-refractivity contribution in [1.29, 1.82) is 0 Å². The van der Waals surface area contributed by atoms with E-state index in [2.05, 4.69) is 5.32 Å². The van der Waals surface area contributed by atoms with Crippen LogP contribution in [0.5, 0.6) is 5.75 Å². The van der Waals surface area contributed by atoms with Crippen LogP contribution in [0.25, 0.3) is 6.08 Å². The quantitative estimate of drug-likeness (QED) is 0.792. The predicted octanol–water partition coefficient (Wildman–Crippen LogP) is 4.82. The molecular formula is C15H13Cl2NO. The van der Waals surface area contributed by atoms with Crippen molar-refractivity contribution in [3.8, 4) is 5.75 Å². The number of hydrogen-bond acceptors (Lipinski definition) is 2. The SMILES string of the molecule is Oc1c(Cl)cc(NC/C=C/c2ccccc2)cc1Cl. The second-order valence-corrected chi connectivity index (χ2v) is 4.80. The molecule has 0 amide bonds. The molecule has 98 valence electrons. The first-order valence-corrected chi connectivity index (χ1v) is 6.56. The highest BCUT2D eigenvalue weighted by atomic mass is 35.5. The van der Waals surface area contributed by atoms with Crippen molar-refractivity contribution < 1.29 is 5.11 Å². The monoisotopic (exact) mass is 293 g/mol. The summed E-state index contributed by atoms with van der Waals surface area (Å²) in [7, 11) is 0. The first kappa shape index (κ1) is 13.8. The van der Waals surface area contributed by atoms with Gasteiger partial charge in [0.1, 0.15) is 0 Å². The van der Waals surface area contributed by atoms with Crippen LogP contribution >= 0.6 is 23.2 Å². The fourth-order valence-corrected chi connectivity index (χ4v) is 2.09. The zero-order chi connectivity index (χ0) is 13.7. The van der Waals surface area contributed by atoms with E-state index in [1.54, 1.807) is 12.1 Å². The van der Waals surface area contributed by atoms with Crippen molar-refractivity contribution in [1.82, 2.24) is 0 Å². The summed E-state index contributed by atoms with van der Waals surface area (Å²) in [5.74, 6) is -0.0892. The molecule has 0 atom stereocenters. The van der Waals surface area contributed by atoms with Gasteiger partial charge >= 0.3 is 0 Å². The molecule has 0 saturated carbocycles. The third-order valence-electron chi connectivity index (χ3n) is 2.55. The molecule has 2 aromatic carbocycles. The lowest BCUT2D eigenvalue weighted by atomic mass is 10.2. The van der Waals surface area contributed by atoms with Crippen LogP contribution in [0, 0.1) is 0 Å². The molecule has 0 radical (unpaired) electrons. The minimum atomic E-state index is -0.0892. The van der Waals surface area contributed by atoms with E-state index >= 15 is 0 Å². The van der Waals surface area contributed by atoms with E-state index in [1.165, 1.54) is 0 Å². The van der Waals surface area contributed by atoms with Crippen LogP contribution in [0.1, 0.15) is 5.56 Å². The summed E-state index contributed by atoms with van der Waals surface area (Å²) in [4.78, 5) is 0. The number of benzene rings is 2. The van der Waals surface area contributed by atoms with Crippen LogP contribution in [0.15, 0.2) is 48.5 Å². The van der Waals surface area contributed by atoms with E-state index in [4.69, 9.17) is 23.2 Å². The minimum absolute atomic E-state index is 0.0892. The third kappa shape index (κ3) is 3.91. The summed E-state index contributed by atoms with van der Waals surface area (Å²) >= 11 is 11.7. The Morgan fingerprint density at radius 1 is 1.05 bits per heavy atom. The Kier molecular flexibility index (Phi) is 4.72. The highest BCUT2D eigenvalue weighted by Crippen LogP contribution is 2.34. The van der Waals surface area contributed by atoms with E-state index in [0.29, 0.717) is 6.54 Å². The highest BCUT2D eigenvalue weighted by molar-refractivity contribution is 6.37. The molecule has 2 rings (SSSR count). The van der Waals surface area contributed by atoms with Gasteiger partial charge in [0.2, 0.25) is 0 Å². The number of nitrogens with one attached hydrogen (secondary N) is 1. The van der Waals surface area contributed by atoms with Crippen molar-refractivity contribution in [2.24, 2.45) is 0 Å². The zero-order valence-electron chi connectivity index (χ0n) is 10.1. The van der Waals surface area contributed by atoms with Gasteiger partial charge in [-0.15, -0.1) is 0 Å². The molecule has 19 heavy (non-hydrogen) atoms. The normalized spacial score (nSPS) is 10.8. The number of phenolic OH excluding ortho intramolecular Hbond substituents is 1. The van der Waals surface area contributed by atoms with Gasteiger partial charge in [-0.3, -0.25) is 0 Å². The Hall–Kier alpha value is -1.64. The van der Waals surface area contributed by atoms with Crippen molar-refractivity contribution in [3.63, 3.8) is 0 Å². The molecule has 0 fully saturated rings. The number of aromatic hydroxyl groups is 1. The van der Waals surface area contributed by atoms with E-state index in [1.807, 2.05) is 42.5 Å². The van der Waals surface area contributed by atoms with E-state index < -0.39 is 0 Å². The minimum Gasteiger partial charge on any atom is -0.505 e. The van der Waals surface area contributed by atoms with Crippen molar-refractivity contribution in [2.45, 2.75) is 0 Å². The first-order chi connectivity index (χ1) is 9.16. The Bertz CT molecular complexity index is 559. The smallest absolute Gasteiger partial charge is 0.152 e. The lowest BCUT2D eigenvalue weighted by Crippen LogP contribution is -1.97. The van der Waals surface area contributed by atoms with E-state index in [-0.39, 0.29) is 15.8 Å². The summed E-state index contributed by atoms with van der Waals surface area (Å²) in [6.07, 6.45) is 4.03. The molecule has 0 aromatic heterocycles. The van der Waals surface area contributed by atoms with Gasteiger partial charge < -0.3 is 10.4 Å². The highest BCUT2D eigenvalue weighted by Gasteiger charge is 2.05. The maximum Gasteiger partial charge on any atom is 0.152 e. The molecule has 0 unspecified atom stereocenters. The molecule has 0 spiro atoms. The molecule has 4 heteroatoms. The van der Waals surface area contributed by atoms with Gasteiger partial charge in [0.05, 0.1) is 10.0 Å². The van der Waals surface area contributed by atoms with Crippen LogP contribution in [-0.4, -0.2) is 11.7 Å². The summed E-state index contributed by atoms with van der Waals surface area (Å²) in [6.45, 7) is 0.645. The van der Waals surface area contributed by atoms with Gasteiger partial charge in [-0.1, -0.05) is 65.7 Å². The zero-order valence-corrected chi connectivity index (χ0v) is 11.6. The van der Waals surface area contributed by atoms with Crippen molar-refractivity contribution in [3.05, 3.63) is 64.1 Å². The largest absolute Gasteiger partial charge is 0.505 e. The average Bonchev–Trinajstić information content (AvgIpc) is 2.42. The molecule has 2 nitrogen and oxygen atoms in total. The van der Waals surface area contributed by atoms with Crippen LogP contribution in [-0.2, 0) is 0 Å². The third-order valence-corrected chi connectivity index (χ3v) is 3.13. The Labute approximate surface area is 122 Å². The standard InChI is InChI=1S/C15H13Cl2NO/c16-13-9-12(10-14(17)15(13)19)18-8-4-7-11-5-2-1-3-6-11/h1-7,9-10,18-19H,8H2/b7-4+. The second kappa shape index (κ2) is 6.50. The van der Waals surface area contributed by atoms with Gasteiger partial charge in [-0.2, -0.15) is 0 Å². The molecule has 0 aliphatic heterocycles. The maximum absolute atomic E-state index is 9.45. The van der Waals surface area contributed by atoms with Crippen LogP contribution in [0.3, 0.4) is 0 Å². The Balaban J connectivity index is 1.95. The summed E-state index contributed by atoms with van der Waals surface area (Å²) in [6, 6.07) is 13.3. The van der Waals surface area contributed by atoms with E-state index in [9.17, 15) is 5.11 Å². The van der Waals surface area contributed by atoms with Gasteiger partial charge in [0, 0.05) is 12.2 Å². The van der Waals surface area contributed by atoms with Gasteiger partial charge in [0.15, 0.2) is 5.75 Å². The Morgan fingerprint density at radius 2 is 1.68 bits per heavy atom. The van der Waals surface area contributed by atoms with Crippen LogP contribution < -0.4 is 5.32 Å². The number of halogens is 2. The molecular weight excluding hydrogens is 281 g/mol. The number of phenols is 1. The first-order valence-electron chi connectivity index (χ1n) is 5.80. The number of anilines is 1. The Morgan fingerprint density at radius 3 is 2.32 bits per heavy atom. The fraction of sp³-hybridized carbons (Fsp3) is 0.0667. The molecule has 2 aromatic rings. The maximum atomic E-state index is 9.45. The summed E-state index contributed by atoms with van der Waals surface area (Å²) < 4.78 is 0. The van der Waals surface area contributed by atoms with Crippen molar-refractivity contribution >= 4 is 35.0 Å². The average molecular weight is 294 g/mol. The molecule has 2 N–H and O–H groups in total. The van der Waals surface area contributed by atoms with Crippen LogP contribution in [0.2, 0.25) is 10.0 Å². The molecule has 0 heterocycles. The predicted molar refractivity (Wildman–Crippen MR) is 82.1 cm³/mol. The fourth-order valence-electron chi connectivity index (χ4n) is 1.60. The van der Waals surface area contributed by atoms with Crippen LogP contribution in [0.4, 0.5) is 5.69 Å². The molecule has 0 saturated heterocycles. The van der Waals surface area contributed by atoms with E-state index in [0.717, 1.165) is 11.3 Å². The molecule has 0 bridgehead atoms. The molecule has 0 aliphatic rings. The van der Waals surface area contributed by atoms with Gasteiger partial charge in [-0.25, -0.2) is 0 Å². The topological polar surface area (TPSA) is 32.3 Å². The second-order valence-electron chi connectivity index (χ2n) is 3.98. The summed E-state index contributed by atoms with van der Waals surface area (Å²) in [5, 5.41) is 13.1. The number of rotatable bonds is 4. The lowest BCUT2D eigenvalue weighted by Gasteiger charge is -2.06. The van der Waals surface area contributed by atoms with Gasteiger partial charge in [-0.05, 0) is 17.7 Å². The summed E-state index contributed by atoms with van der Waals surface area (Å²) in [5.41, 5.74) is 1.91. The molecule has 0 aliphatic carbocycles. The lowest BCUT2D eigenvalue weighted by molar-refractivity contribution is 0.476.